The normalized spacial score (nSPS) is 23.4. The van der Waals surface area contributed by atoms with Crippen molar-refractivity contribution >= 4 is 10.0 Å². The van der Waals surface area contributed by atoms with Crippen molar-refractivity contribution in [1.82, 2.24) is 4.31 Å². The molecule has 4 nitrogen and oxygen atoms in total. The fourth-order valence-corrected chi connectivity index (χ4v) is 4.30. The van der Waals surface area contributed by atoms with Crippen molar-refractivity contribution in [1.29, 1.82) is 0 Å². The standard InChI is InChI=1S/C13H20N2O2S/c1-10-5-11(2)7-12(6-10)9-15-4-3-13(8-14)18(15,16)17/h5-7,13H,3-4,8-9,14H2,1-2H3/t13-/m1/s1. The minimum atomic E-state index is -3.19. The molecule has 1 saturated heterocycles. The van der Waals surface area contributed by atoms with E-state index in [2.05, 4.69) is 6.07 Å². The molecule has 1 atom stereocenters. The topological polar surface area (TPSA) is 63.4 Å². The highest BCUT2D eigenvalue weighted by atomic mass is 32.2. The van der Waals surface area contributed by atoms with E-state index in [4.69, 9.17) is 5.73 Å². The van der Waals surface area contributed by atoms with E-state index in [1.807, 2.05) is 26.0 Å². The Morgan fingerprint density at radius 1 is 1.28 bits per heavy atom. The molecule has 2 rings (SSSR count). The second-order valence-electron chi connectivity index (χ2n) is 5.02. The summed E-state index contributed by atoms with van der Waals surface area (Å²) in [6, 6.07) is 6.17. The Kier molecular flexibility index (Phi) is 3.75. The Hall–Kier alpha value is -0.910. The summed E-state index contributed by atoms with van der Waals surface area (Å²) in [5.41, 5.74) is 8.88. The average molecular weight is 268 g/mol. The van der Waals surface area contributed by atoms with Gasteiger partial charge in [0.25, 0.3) is 0 Å². The SMILES string of the molecule is Cc1cc(C)cc(CN2CC[C@H](CN)S2(=O)=O)c1. The zero-order valence-corrected chi connectivity index (χ0v) is 11.7. The van der Waals surface area contributed by atoms with Crippen LogP contribution in [0, 0.1) is 13.8 Å². The average Bonchev–Trinajstić information content (AvgIpc) is 2.52. The fourth-order valence-electron chi connectivity index (χ4n) is 2.55. The van der Waals surface area contributed by atoms with Gasteiger partial charge < -0.3 is 5.73 Å². The first kappa shape index (κ1) is 13.5. The van der Waals surface area contributed by atoms with Crippen LogP contribution in [0.15, 0.2) is 18.2 Å². The quantitative estimate of drug-likeness (QED) is 0.895. The Balaban J connectivity index is 2.20. The van der Waals surface area contributed by atoms with Crippen LogP contribution < -0.4 is 5.73 Å². The van der Waals surface area contributed by atoms with Crippen LogP contribution in [0.5, 0.6) is 0 Å². The van der Waals surface area contributed by atoms with Gasteiger partial charge in [0.2, 0.25) is 10.0 Å². The van der Waals surface area contributed by atoms with Gasteiger partial charge in [-0.3, -0.25) is 0 Å². The van der Waals surface area contributed by atoms with Gasteiger partial charge in [0.1, 0.15) is 0 Å². The van der Waals surface area contributed by atoms with Crippen LogP contribution in [0.2, 0.25) is 0 Å². The van der Waals surface area contributed by atoms with Gasteiger partial charge in [-0.2, -0.15) is 4.31 Å². The Morgan fingerprint density at radius 3 is 2.39 bits per heavy atom. The third-order valence-corrected chi connectivity index (χ3v) is 5.69. The van der Waals surface area contributed by atoms with Crippen molar-refractivity contribution in [3.05, 3.63) is 34.9 Å². The monoisotopic (exact) mass is 268 g/mol. The van der Waals surface area contributed by atoms with Gasteiger partial charge in [0, 0.05) is 19.6 Å². The largest absolute Gasteiger partial charge is 0.329 e. The number of aryl methyl sites for hydroxylation is 2. The maximum atomic E-state index is 12.1. The lowest BCUT2D eigenvalue weighted by Crippen LogP contribution is -2.32. The first-order valence-electron chi connectivity index (χ1n) is 6.19. The number of rotatable bonds is 3. The molecule has 1 aromatic rings. The van der Waals surface area contributed by atoms with E-state index in [1.54, 1.807) is 4.31 Å². The molecule has 0 saturated carbocycles. The molecule has 100 valence electrons. The van der Waals surface area contributed by atoms with Crippen molar-refractivity contribution in [2.45, 2.75) is 32.1 Å². The van der Waals surface area contributed by atoms with Gasteiger partial charge in [-0.1, -0.05) is 29.3 Å². The van der Waals surface area contributed by atoms with Gasteiger partial charge in [0.05, 0.1) is 5.25 Å². The lowest BCUT2D eigenvalue weighted by Gasteiger charge is -2.17. The molecule has 0 aliphatic carbocycles. The maximum absolute atomic E-state index is 12.1. The Morgan fingerprint density at radius 2 is 1.89 bits per heavy atom. The summed E-state index contributed by atoms with van der Waals surface area (Å²) >= 11 is 0. The smallest absolute Gasteiger partial charge is 0.218 e. The van der Waals surface area contributed by atoms with Gasteiger partial charge in [0.15, 0.2) is 0 Å². The number of hydrogen-bond acceptors (Lipinski definition) is 3. The van der Waals surface area contributed by atoms with Crippen LogP contribution in [-0.4, -0.2) is 31.1 Å². The molecular weight excluding hydrogens is 248 g/mol. The summed E-state index contributed by atoms with van der Waals surface area (Å²) < 4.78 is 25.8. The summed E-state index contributed by atoms with van der Waals surface area (Å²) in [4.78, 5) is 0. The maximum Gasteiger partial charge on any atom is 0.218 e. The Labute approximate surface area is 109 Å². The van der Waals surface area contributed by atoms with Crippen LogP contribution >= 0.6 is 0 Å². The zero-order valence-electron chi connectivity index (χ0n) is 10.9. The molecule has 0 unspecified atom stereocenters. The number of sulfonamides is 1. The van der Waals surface area contributed by atoms with Crippen LogP contribution in [-0.2, 0) is 16.6 Å². The lowest BCUT2D eigenvalue weighted by molar-refractivity contribution is 0.439. The molecular formula is C13H20N2O2S. The van der Waals surface area contributed by atoms with Crippen LogP contribution in [0.1, 0.15) is 23.1 Å². The molecule has 1 aliphatic heterocycles. The summed E-state index contributed by atoms with van der Waals surface area (Å²) in [6.45, 7) is 5.31. The van der Waals surface area contributed by atoms with Crippen molar-refractivity contribution in [2.24, 2.45) is 5.73 Å². The van der Waals surface area contributed by atoms with Gasteiger partial charge >= 0.3 is 0 Å². The van der Waals surface area contributed by atoms with Crippen molar-refractivity contribution in [3.8, 4) is 0 Å². The molecule has 1 heterocycles. The first-order valence-corrected chi connectivity index (χ1v) is 7.70. The van der Waals surface area contributed by atoms with E-state index in [9.17, 15) is 8.42 Å². The molecule has 0 aromatic heterocycles. The van der Waals surface area contributed by atoms with E-state index in [1.165, 1.54) is 0 Å². The van der Waals surface area contributed by atoms with E-state index >= 15 is 0 Å². The second-order valence-corrected chi connectivity index (χ2v) is 7.23. The predicted molar refractivity (Wildman–Crippen MR) is 72.7 cm³/mol. The molecule has 0 bridgehead atoms. The molecule has 2 N–H and O–H groups in total. The second kappa shape index (κ2) is 4.99. The van der Waals surface area contributed by atoms with Crippen LogP contribution in [0.25, 0.3) is 0 Å². The van der Waals surface area contributed by atoms with E-state index in [0.29, 0.717) is 19.5 Å². The molecule has 1 aliphatic rings. The molecule has 18 heavy (non-hydrogen) atoms. The summed E-state index contributed by atoms with van der Waals surface area (Å²) in [5, 5.41) is -0.400. The van der Waals surface area contributed by atoms with E-state index in [0.717, 1.165) is 16.7 Å². The van der Waals surface area contributed by atoms with Crippen LogP contribution in [0.4, 0.5) is 0 Å². The predicted octanol–water partition coefficient (Wildman–Crippen LogP) is 1.17. The third-order valence-electron chi connectivity index (χ3n) is 3.38. The van der Waals surface area contributed by atoms with Gasteiger partial charge in [-0.15, -0.1) is 0 Å². The highest BCUT2D eigenvalue weighted by Crippen LogP contribution is 2.24. The Bertz CT molecular complexity index is 520. The molecule has 0 amide bonds. The highest BCUT2D eigenvalue weighted by molar-refractivity contribution is 7.90. The third kappa shape index (κ3) is 2.58. The van der Waals surface area contributed by atoms with Gasteiger partial charge in [-0.05, 0) is 25.8 Å². The zero-order chi connectivity index (χ0) is 13.3. The molecule has 1 aromatic carbocycles. The molecule has 0 radical (unpaired) electrons. The first-order chi connectivity index (χ1) is 8.43. The van der Waals surface area contributed by atoms with E-state index in [-0.39, 0.29) is 6.54 Å². The van der Waals surface area contributed by atoms with E-state index < -0.39 is 15.3 Å². The van der Waals surface area contributed by atoms with Crippen LogP contribution in [0.3, 0.4) is 0 Å². The number of benzene rings is 1. The highest BCUT2D eigenvalue weighted by Gasteiger charge is 2.37. The molecule has 5 heteroatoms. The fraction of sp³-hybridized carbons (Fsp3) is 0.538. The van der Waals surface area contributed by atoms with Crippen molar-refractivity contribution in [3.63, 3.8) is 0 Å². The lowest BCUT2D eigenvalue weighted by atomic mass is 10.1. The number of nitrogens with two attached hydrogens (primary N) is 1. The number of nitrogens with zero attached hydrogens (tertiary/aromatic N) is 1. The number of hydrogen-bond donors (Lipinski definition) is 1. The minimum absolute atomic E-state index is 0.214. The molecule has 1 fully saturated rings. The summed E-state index contributed by atoms with van der Waals surface area (Å²) in [6.07, 6.45) is 0.642. The minimum Gasteiger partial charge on any atom is -0.329 e. The summed E-state index contributed by atoms with van der Waals surface area (Å²) in [5.74, 6) is 0. The van der Waals surface area contributed by atoms with Crippen molar-refractivity contribution in [2.75, 3.05) is 13.1 Å². The molecule has 0 spiro atoms. The summed E-state index contributed by atoms with van der Waals surface area (Å²) in [7, 11) is -3.19. The van der Waals surface area contributed by atoms with Crippen molar-refractivity contribution < 1.29 is 8.42 Å². The van der Waals surface area contributed by atoms with Gasteiger partial charge in [-0.25, -0.2) is 8.42 Å².